The van der Waals surface area contributed by atoms with E-state index in [1.807, 2.05) is 14.0 Å². The van der Waals surface area contributed by atoms with Gasteiger partial charge in [0, 0.05) is 24.5 Å². The van der Waals surface area contributed by atoms with Gasteiger partial charge in [-0.3, -0.25) is 0 Å². The van der Waals surface area contributed by atoms with Crippen LogP contribution in [0.5, 0.6) is 0 Å². The number of fused-ring (bicyclic) bond motifs is 1. The van der Waals surface area contributed by atoms with E-state index in [9.17, 15) is 4.79 Å². The molecule has 0 radical (unpaired) electrons. The van der Waals surface area contributed by atoms with Crippen molar-refractivity contribution < 1.29 is 9.90 Å². The normalized spacial score (nSPS) is 16.7. The summed E-state index contributed by atoms with van der Waals surface area (Å²) in [4.78, 5) is 16.3. The van der Waals surface area contributed by atoms with E-state index in [0.717, 1.165) is 36.5 Å². The van der Waals surface area contributed by atoms with Gasteiger partial charge in [0.05, 0.1) is 5.56 Å². The molecule has 1 aliphatic heterocycles. The molecular weight excluding hydrogens is 180 g/mol. The van der Waals surface area contributed by atoms with Crippen molar-refractivity contribution in [3.05, 3.63) is 22.5 Å². The highest BCUT2D eigenvalue weighted by Gasteiger charge is 2.23. The minimum Gasteiger partial charge on any atom is -0.478 e. The molecule has 0 bridgehead atoms. The highest BCUT2D eigenvalue weighted by atomic mass is 16.4. The third-order valence-corrected chi connectivity index (χ3v) is 2.76. The molecule has 0 fully saturated rings. The second-order valence-corrected chi connectivity index (χ2v) is 3.88. The molecule has 1 aliphatic rings. The van der Waals surface area contributed by atoms with Crippen molar-refractivity contribution in [3.63, 3.8) is 0 Å². The number of aromatic carboxylic acids is 1. The van der Waals surface area contributed by atoms with Crippen molar-refractivity contribution in [3.8, 4) is 0 Å². The number of nitrogens with zero attached hydrogens (tertiary/aromatic N) is 1. The zero-order chi connectivity index (χ0) is 10.3. The monoisotopic (exact) mass is 194 g/mol. The van der Waals surface area contributed by atoms with E-state index in [1.165, 1.54) is 0 Å². The number of aromatic amines is 1. The smallest absolute Gasteiger partial charge is 0.337 e. The minimum absolute atomic E-state index is 0.480. The van der Waals surface area contributed by atoms with Crippen LogP contribution >= 0.6 is 0 Å². The van der Waals surface area contributed by atoms with Gasteiger partial charge in [-0.05, 0) is 26.0 Å². The summed E-state index contributed by atoms with van der Waals surface area (Å²) in [5.41, 5.74) is 3.31. The molecule has 0 aliphatic carbocycles. The summed E-state index contributed by atoms with van der Waals surface area (Å²) < 4.78 is 0. The topological polar surface area (TPSA) is 56.3 Å². The molecule has 14 heavy (non-hydrogen) atoms. The molecule has 0 saturated carbocycles. The zero-order valence-corrected chi connectivity index (χ0v) is 8.42. The SMILES string of the molecule is Cc1[nH]c2c(c1C(=O)O)CCN(C)C2. The number of nitrogens with one attached hydrogen (secondary N) is 1. The molecule has 0 spiro atoms. The molecule has 0 atom stereocenters. The molecule has 1 aromatic rings. The lowest BCUT2D eigenvalue weighted by molar-refractivity contribution is 0.0694. The van der Waals surface area contributed by atoms with Crippen molar-refractivity contribution in [2.75, 3.05) is 13.6 Å². The summed E-state index contributed by atoms with van der Waals surface area (Å²) >= 11 is 0. The van der Waals surface area contributed by atoms with Crippen LogP contribution in [0, 0.1) is 6.92 Å². The standard InChI is InChI=1S/C10H14N2O2/c1-6-9(10(13)14)7-3-4-12(2)5-8(7)11-6/h11H,3-5H2,1-2H3,(H,13,14). The quantitative estimate of drug-likeness (QED) is 0.701. The Balaban J connectivity index is 2.49. The Bertz CT molecular complexity index is 382. The van der Waals surface area contributed by atoms with Crippen molar-refractivity contribution in [2.45, 2.75) is 19.9 Å². The lowest BCUT2D eigenvalue weighted by atomic mass is 10.0. The number of hydrogen-bond acceptors (Lipinski definition) is 2. The zero-order valence-electron chi connectivity index (χ0n) is 8.42. The second kappa shape index (κ2) is 3.13. The van der Waals surface area contributed by atoms with Gasteiger partial charge in [0.1, 0.15) is 0 Å². The Labute approximate surface area is 82.5 Å². The molecule has 1 aromatic heterocycles. The predicted octanol–water partition coefficient (Wildman–Crippen LogP) is 1.01. The Morgan fingerprint density at radius 3 is 2.93 bits per heavy atom. The molecule has 4 heteroatoms. The molecule has 0 aromatic carbocycles. The number of aromatic nitrogens is 1. The molecule has 0 amide bonds. The van der Waals surface area contributed by atoms with E-state index in [0.29, 0.717) is 5.56 Å². The van der Waals surface area contributed by atoms with Crippen LogP contribution in [0.15, 0.2) is 0 Å². The van der Waals surface area contributed by atoms with Gasteiger partial charge in [0.25, 0.3) is 0 Å². The maximum atomic E-state index is 11.0. The Morgan fingerprint density at radius 1 is 1.57 bits per heavy atom. The Kier molecular flexibility index (Phi) is 2.07. The van der Waals surface area contributed by atoms with E-state index in [2.05, 4.69) is 9.88 Å². The van der Waals surface area contributed by atoms with Gasteiger partial charge >= 0.3 is 5.97 Å². The van der Waals surface area contributed by atoms with E-state index in [1.54, 1.807) is 0 Å². The summed E-state index contributed by atoms with van der Waals surface area (Å²) in [5, 5.41) is 9.04. The number of likely N-dealkylation sites (N-methyl/N-ethyl adjacent to an activating group) is 1. The average Bonchev–Trinajstić information content (AvgIpc) is 2.39. The largest absolute Gasteiger partial charge is 0.478 e. The first-order valence-corrected chi connectivity index (χ1v) is 4.71. The van der Waals surface area contributed by atoms with Crippen LogP contribution in [-0.2, 0) is 13.0 Å². The number of carboxylic acid groups (broad SMARTS) is 1. The second-order valence-electron chi connectivity index (χ2n) is 3.88. The molecular formula is C10H14N2O2. The van der Waals surface area contributed by atoms with Crippen molar-refractivity contribution >= 4 is 5.97 Å². The van der Waals surface area contributed by atoms with Crippen LogP contribution in [0.2, 0.25) is 0 Å². The number of hydrogen-bond donors (Lipinski definition) is 2. The molecule has 2 rings (SSSR count). The van der Waals surface area contributed by atoms with Crippen LogP contribution < -0.4 is 0 Å². The van der Waals surface area contributed by atoms with Crippen LogP contribution in [0.25, 0.3) is 0 Å². The van der Waals surface area contributed by atoms with Crippen molar-refractivity contribution in [1.29, 1.82) is 0 Å². The van der Waals surface area contributed by atoms with Gasteiger partial charge in [-0.25, -0.2) is 4.79 Å². The van der Waals surface area contributed by atoms with Gasteiger partial charge in [0.2, 0.25) is 0 Å². The van der Waals surface area contributed by atoms with Gasteiger partial charge in [-0.1, -0.05) is 0 Å². The van der Waals surface area contributed by atoms with Crippen molar-refractivity contribution in [2.24, 2.45) is 0 Å². The summed E-state index contributed by atoms with van der Waals surface area (Å²) in [6, 6.07) is 0. The van der Waals surface area contributed by atoms with Gasteiger partial charge in [-0.15, -0.1) is 0 Å². The van der Waals surface area contributed by atoms with Gasteiger partial charge in [0.15, 0.2) is 0 Å². The number of H-pyrrole nitrogens is 1. The summed E-state index contributed by atoms with van der Waals surface area (Å²) in [6.07, 6.45) is 0.831. The summed E-state index contributed by atoms with van der Waals surface area (Å²) in [5.74, 6) is -0.815. The van der Waals surface area contributed by atoms with Gasteiger partial charge in [-0.2, -0.15) is 0 Å². The number of rotatable bonds is 1. The van der Waals surface area contributed by atoms with Crippen LogP contribution in [0.1, 0.15) is 27.3 Å². The third kappa shape index (κ3) is 1.32. The van der Waals surface area contributed by atoms with Gasteiger partial charge < -0.3 is 15.0 Å². The summed E-state index contributed by atoms with van der Waals surface area (Å²) in [7, 11) is 2.04. The highest BCUT2D eigenvalue weighted by molar-refractivity contribution is 5.91. The molecule has 0 unspecified atom stereocenters. The fourth-order valence-corrected chi connectivity index (χ4v) is 2.09. The van der Waals surface area contributed by atoms with Crippen LogP contribution in [-0.4, -0.2) is 34.6 Å². The molecule has 0 saturated heterocycles. The first-order chi connectivity index (χ1) is 6.59. The average molecular weight is 194 g/mol. The van der Waals surface area contributed by atoms with Crippen LogP contribution in [0.3, 0.4) is 0 Å². The fraction of sp³-hybridized carbons (Fsp3) is 0.500. The first-order valence-electron chi connectivity index (χ1n) is 4.71. The lowest BCUT2D eigenvalue weighted by Crippen LogP contribution is -2.26. The third-order valence-electron chi connectivity index (χ3n) is 2.76. The molecule has 2 heterocycles. The number of carboxylic acids is 1. The number of aryl methyl sites for hydroxylation is 1. The predicted molar refractivity (Wildman–Crippen MR) is 52.5 cm³/mol. The summed E-state index contributed by atoms with van der Waals surface area (Å²) in [6.45, 7) is 3.58. The first kappa shape index (κ1) is 9.27. The Hall–Kier alpha value is -1.29. The van der Waals surface area contributed by atoms with E-state index >= 15 is 0 Å². The van der Waals surface area contributed by atoms with E-state index in [-0.39, 0.29) is 0 Å². The van der Waals surface area contributed by atoms with Crippen molar-refractivity contribution in [1.82, 2.24) is 9.88 Å². The van der Waals surface area contributed by atoms with E-state index in [4.69, 9.17) is 5.11 Å². The van der Waals surface area contributed by atoms with E-state index < -0.39 is 5.97 Å². The van der Waals surface area contributed by atoms with Crippen LogP contribution in [0.4, 0.5) is 0 Å². The molecule has 76 valence electrons. The molecule has 4 nitrogen and oxygen atoms in total. The number of carbonyl (C=O) groups is 1. The molecule has 2 N–H and O–H groups in total. The fourth-order valence-electron chi connectivity index (χ4n) is 2.09. The maximum absolute atomic E-state index is 11.0. The maximum Gasteiger partial charge on any atom is 0.337 e. The Morgan fingerprint density at radius 2 is 2.29 bits per heavy atom. The highest BCUT2D eigenvalue weighted by Crippen LogP contribution is 2.24. The lowest BCUT2D eigenvalue weighted by Gasteiger charge is -2.22. The minimum atomic E-state index is -0.815.